The average molecular weight is 388 g/mol. The quantitative estimate of drug-likeness (QED) is 0.693. The highest BCUT2D eigenvalue weighted by Gasteiger charge is 2.33. The molecule has 1 aliphatic carbocycles. The van der Waals surface area contributed by atoms with E-state index in [1.807, 2.05) is 0 Å². The van der Waals surface area contributed by atoms with Crippen LogP contribution < -0.4 is 15.2 Å². The molecule has 1 saturated carbocycles. The van der Waals surface area contributed by atoms with E-state index in [9.17, 15) is 8.42 Å². The summed E-state index contributed by atoms with van der Waals surface area (Å²) < 4.78 is 34.7. The number of hydrogen-bond acceptors (Lipinski definition) is 6. The zero-order valence-electron chi connectivity index (χ0n) is 13.8. The lowest BCUT2D eigenvalue weighted by atomic mass is 10.2. The van der Waals surface area contributed by atoms with Crippen molar-refractivity contribution >= 4 is 22.4 Å². The van der Waals surface area contributed by atoms with Gasteiger partial charge in [0.05, 0.1) is 4.90 Å². The van der Waals surface area contributed by atoms with Gasteiger partial charge in [-0.3, -0.25) is 4.68 Å². The fourth-order valence-corrected chi connectivity index (χ4v) is 3.73. The third-order valence-electron chi connectivity index (χ3n) is 4.06. The molecule has 8 nitrogen and oxygen atoms in total. The van der Waals surface area contributed by atoms with Gasteiger partial charge in [0.25, 0.3) is 0 Å². The van der Waals surface area contributed by atoms with Gasteiger partial charge in [-0.2, -0.15) is 5.10 Å². The van der Waals surface area contributed by atoms with Crippen molar-refractivity contribution in [2.75, 3.05) is 6.54 Å². The Hall–Kier alpha value is -1.68. The zero-order valence-corrected chi connectivity index (χ0v) is 15.5. The number of nitrogens with zero attached hydrogens (tertiary/aromatic N) is 3. The number of benzene rings is 1. The van der Waals surface area contributed by atoms with Crippen LogP contribution in [0.4, 0.5) is 0 Å². The molecule has 1 fully saturated rings. The Morgan fingerprint density at radius 2 is 2.04 bits per heavy atom. The molecule has 1 heterocycles. The van der Waals surface area contributed by atoms with Gasteiger partial charge < -0.3 is 10.5 Å². The van der Waals surface area contributed by atoms with Gasteiger partial charge in [0.2, 0.25) is 10.0 Å². The molecule has 3 rings (SSSR count). The molecule has 0 spiro atoms. The topological polar surface area (TPSA) is 112 Å². The number of halogens is 1. The minimum atomic E-state index is -3.57. The number of ether oxygens (including phenoxy) is 1. The van der Waals surface area contributed by atoms with Crippen LogP contribution in [0.15, 0.2) is 35.5 Å². The maximum Gasteiger partial charge on any atom is 0.240 e. The first-order valence-electron chi connectivity index (χ1n) is 7.78. The molecular weight excluding hydrogens is 366 g/mol. The molecule has 0 amide bonds. The Kier molecular flexibility index (Phi) is 6.39. The predicted molar refractivity (Wildman–Crippen MR) is 94.9 cm³/mol. The van der Waals surface area contributed by atoms with Crippen molar-refractivity contribution in [3.05, 3.63) is 36.4 Å². The van der Waals surface area contributed by atoms with Crippen LogP contribution in [0.2, 0.25) is 0 Å². The van der Waals surface area contributed by atoms with Gasteiger partial charge in [-0.25, -0.2) is 18.1 Å². The molecule has 1 aromatic carbocycles. The van der Waals surface area contributed by atoms with Crippen molar-refractivity contribution in [2.45, 2.75) is 30.4 Å². The molecule has 2 aromatic rings. The van der Waals surface area contributed by atoms with E-state index in [2.05, 4.69) is 14.8 Å². The summed E-state index contributed by atoms with van der Waals surface area (Å²) in [4.78, 5) is 4.26. The van der Waals surface area contributed by atoms with E-state index in [0.29, 0.717) is 24.0 Å². The molecule has 1 aliphatic rings. The van der Waals surface area contributed by atoms with Gasteiger partial charge in [-0.05, 0) is 43.0 Å². The summed E-state index contributed by atoms with van der Waals surface area (Å²) in [6.07, 6.45) is 3.51. The van der Waals surface area contributed by atoms with Crippen molar-refractivity contribution < 1.29 is 13.2 Å². The van der Waals surface area contributed by atoms with Gasteiger partial charge in [-0.15, -0.1) is 12.4 Å². The number of sulfonamides is 1. The SMILES string of the molecule is Cl.Cn1ncnc1COc1ccc(S(=O)(=O)NC(CN)C2CC2)cc1. The van der Waals surface area contributed by atoms with E-state index in [0.717, 1.165) is 12.8 Å². The van der Waals surface area contributed by atoms with E-state index in [1.54, 1.807) is 23.9 Å². The molecule has 3 N–H and O–H groups in total. The summed E-state index contributed by atoms with van der Waals surface area (Å²) >= 11 is 0. The van der Waals surface area contributed by atoms with Crippen molar-refractivity contribution in [3.8, 4) is 5.75 Å². The summed E-state index contributed by atoms with van der Waals surface area (Å²) in [7, 11) is -1.79. The van der Waals surface area contributed by atoms with Crippen LogP contribution in [0.1, 0.15) is 18.7 Å². The van der Waals surface area contributed by atoms with Crippen LogP contribution in [-0.4, -0.2) is 35.8 Å². The number of rotatable bonds is 8. The Bertz CT molecular complexity index is 790. The van der Waals surface area contributed by atoms with Crippen molar-refractivity contribution in [2.24, 2.45) is 18.7 Å². The van der Waals surface area contributed by atoms with Gasteiger partial charge in [0.1, 0.15) is 18.7 Å². The monoisotopic (exact) mass is 387 g/mol. The predicted octanol–water partition coefficient (Wildman–Crippen LogP) is 0.831. The molecule has 1 aromatic heterocycles. The summed E-state index contributed by atoms with van der Waals surface area (Å²) in [5.74, 6) is 1.61. The first kappa shape index (κ1) is 19.6. The van der Waals surface area contributed by atoms with E-state index in [-0.39, 0.29) is 30.0 Å². The molecule has 1 unspecified atom stereocenters. The second kappa shape index (κ2) is 8.13. The maximum atomic E-state index is 12.4. The molecule has 0 saturated heterocycles. The zero-order chi connectivity index (χ0) is 17.2. The fourth-order valence-electron chi connectivity index (χ4n) is 2.42. The molecule has 138 valence electrons. The van der Waals surface area contributed by atoms with Crippen LogP contribution in [0.25, 0.3) is 0 Å². The molecule has 0 radical (unpaired) electrons. The smallest absolute Gasteiger partial charge is 0.240 e. The van der Waals surface area contributed by atoms with Crippen LogP contribution in [0.3, 0.4) is 0 Å². The second-order valence-electron chi connectivity index (χ2n) is 5.86. The number of aromatic nitrogens is 3. The van der Waals surface area contributed by atoms with E-state index < -0.39 is 10.0 Å². The van der Waals surface area contributed by atoms with Gasteiger partial charge in [0, 0.05) is 19.6 Å². The van der Waals surface area contributed by atoms with Crippen molar-refractivity contribution in [1.82, 2.24) is 19.5 Å². The van der Waals surface area contributed by atoms with Crippen LogP contribution in [-0.2, 0) is 23.7 Å². The van der Waals surface area contributed by atoms with Gasteiger partial charge >= 0.3 is 0 Å². The fraction of sp³-hybridized carbons (Fsp3) is 0.467. The first-order chi connectivity index (χ1) is 11.5. The lowest BCUT2D eigenvalue weighted by Crippen LogP contribution is -2.41. The van der Waals surface area contributed by atoms with Crippen molar-refractivity contribution in [3.63, 3.8) is 0 Å². The number of aryl methyl sites for hydroxylation is 1. The Labute approximate surface area is 153 Å². The lowest BCUT2D eigenvalue weighted by molar-refractivity contribution is 0.289. The summed E-state index contributed by atoms with van der Waals surface area (Å²) in [6, 6.07) is 6.10. The highest BCUT2D eigenvalue weighted by Crippen LogP contribution is 2.33. The molecule has 0 aliphatic heterocycles. The van der Waals surface area contributed by atoms with E-state index >= 15 is 0 Å². The van der Waals surface area contributed by atoms with Crippen LogP contribution >= 0.6 is 12.4 Å². The first-order valence-corrected chi connectivity index (χ1v) is 9.26. The highest BCUT2D eigenvalue weighted by atomic mass is 35.5. The number of nitrogens with one attached hydrogen (secondary N) is 1. The van der Waals surface area contributed by atoms with Crippen LogP contribution in [0.5, 0.6) is 5.75 Å². The molecule has 0 bridgehead atoms. The minimum Gasteiger partial charge on any atom is -0.486 e. The van der Waals surface area contributed by atoms with Crippen LogP contribution in [0, 0.1) is 5.92 Å². The molecule has 1 atom stereocenters. The second-order valence-corrected chi connectivity index (χ2v) is 7.57. The normalized spacial score (nSPS) is 15.4. The van der Waals surface area contributed by atoms with E-state index in [1.165, 1.54) is 18.5 Å². The molecule has 25 heavy (non-hydrogen) atoms. The summed E-state index contributed by atoms with van der Waals surface area (Å²) in [5, 5.41) is 3.96. The lowest BCUT2D eigenvalue weighted by Gasteiger charge is -2.16. The molecular formula is C15H22ClN5O3S. The Balaban J connectivity index is 0.00000225. The van der Waals surface area contributed by atoms with Gasteiger partial charge in [0.15, 0.2) is 5.82 Å². The summed E-state index contributed by atoms with van der Waals surface area (Å²) in [5.41, 5.74) is 5.66. The van der Waals surface area contributed by atoms with E-state index in [4.69, 9.17) is 10.5 Å². The Morgan fingerprint density at radius 1 is 1.36 bits per heavy atom. The third kappa shape index (κ3) is 4.91. The minimum absolute atomic E-state index is 0. The van der Waals surface area contributed by atoms with Crippen molar-refractivity contribution in [1.29, 1.82) is 0 Å². The number of nitrogens with two attached hydrogens (primary N) is 1. The largest absolute Gasteiger partial charge is 0.486 e. The maximum absolute atomic E-state index is 12.4. The van der Waals surface area contributed by atoms with Gasteiger partial charge in [-0.1, -0.05) is 0 Å². The Morgan fingerprint density at radius 3 is 2.56 bits per heavy atom. The number of hydrogen-bond donors (Lipinski definition) is 2. The average Bonchev–Trinajstić information content (AvgIpc) is 3.34. The third-order valence-corrected chi connectivity index (χ3v) is 5.56. The summed E-state index contributed by atoms with van der Waals surface area (Å²) in [6.45, 7) is 0.570. The highest BCUT2D eigenvalue weighted by molar-refractivity contribution is 7.89. The molecule has 10 heteroatoms. The standard InChI is InChI=1S/C15H21N5O3S.ClH/c1-20-15(17-10-18-20)9-23-12-4-6-13(7-5-12)24(21,22)19-14(8-16)11-2-3-11;/h4-7,10-11,14,19H,2-3,8-9,16H2,1H3;1H.